The summed E-state index contributed by atoms with van der Waals surface area (Å²) in [5.41, 5.74) is 0.946. The van der Waals surface area contributed by atoms with Crippen LogP contribution >= 0.6 is 27.5 Å². The Hall–Kier alpha value is -0.540. The van der Waals surface area contributed by atoms with Gasteiger partial charge in [0.15, 0.2) is 0 Å². The van der Waals surface area contributed by atoms with Crippen LogP contribution in [0.15, 0.2) is 22.7 Å². The molecule has 1 aliphatic rings. The molecule has 1 aromatic rings. The molecule has 1 aromatic carbocycles. The van der Waals surface area contributed by atoms with Gasteiger partial charge < -0.3 is 5.32 Å². The van der Waals surface area contributed by atoms with Crippen LogP contribution in [0.3, 0.4) is 0 Å². The molecule has 4 heteroatoms. The minimum atomic E-state index is 0.0795. The van der Waals surface area contributed by atoms with Crippen LogP contribution in [0.4, 0.5) is 0 Å². The molecule has 1 amide bonds. The molecule has 0 aromatic heterocycles. The van der Waals surface area contributed by atoms with Crippen LogP contribution in [-0.4, -0.2) is 11.9 Å². The van der Waals surface area contributed by atoms with Crippen LogP contribution in [0.5, 0.6) is 0 Å². The van der Waals surface area contributed by atoms with Gasteiger partial charge >= 0.3 is 0 Å². The second kappa shape index (κ2) is 4.54. The minimum Gasteiger partial charge on any atom is -0.353 e. The standard InChI is InChI=1S/C11H11BrClNO/c12-9-4-1-7(5-10(9)13)6-11(15)14-8-2-3-8/h1,4-5,8H,2-3,6H2,(H,14,15). The van der Waals surface area contributed by atoms with Crippen molar-refractivity contribution in [3.8, 4) is 0 Å². The Labute approximate surface area is 102 Å². The number of benzene rings is 1. The van der Waals surface area contributed by atoms with E-state index in [1.165, 1.54) is 0 Å². The molecule has 0 heterocycles. The summed E-state index contributed by atoms with van der Waals surface area (Å²) >= 11 is 9.25. The molecular formula is C11H11BrClNO. The second-order valence-electron chi connectivity index (χ2n) is 3.77. The predicted octanol–water partition coefficient (Wildman–Crippen LogP) is 2.92. The summed E-state index contributed by atoms with van der Waals surface area (Å²) in [5.74, 6) is 0.0795. The van der Waals surface area contributed by atoms with E-state index in [-0.39, 0.29) is 5.91 Å². The van der Waals surface area contributed by atoms with Gasteiger partial charge in [-0.25, -0.2) is 0 Å². The lowest BCUT2D eigenvalue weighted by Crippen LogP contribution is -2.26. The SMILES string of the molecule is O=C(Cc1ccc(Br)c(Cl)c1)NC1CC1. The first-order valence-electron chi connectivity index (χ1n) is 4.88. The van der Waals surface area contributed by atoms with Gasteiger partial charge in [-0.3, -0.25) is 4.79 Å². The molecule has 1 saturated carbocycles. The van der Waals surface area contributed by atoms with E-state index in [0.717, 1.165) is 22.9 Å². The summed E-state index contributed by atoms with van der Waals surface area (Å²) in [6.45, 7) is 0. The minimum absolute atomic E-state index is 0.0795. The lowest BCUT2D eigenvalue weighted by molar-refractivity contribution is -0.120. The van der Waals surface area contributed by atoms with E-state index >= 15 is 0 Å². The van der Waals surface area contributed by atoms with E-state index in [1.54, 1.807) is 0 Å². The van der Waals surface area contributed by atoms with Gasteiger partial charge in [-0.05, 0) is 46.5 Å². The van der Waals surface area contributed by atoms with Gasteiger partial charge in [0.05, 0.1) is 11.4 Å². The van der Waals surface area contributed by atoms with Crippen molar-refractivity contribution in [2.75, 3.05) is 0 Å². The van der Waals surface area contributed by atoms with Gasteiger partial charge in [-0.1, -0.05) is 17.7 Å². The average molecular weight is 289 g/mol. The summed E-state index contributed by atoms with van der Waals surface area (Å²) in [5, 5.41) is 3.59. The maximum absolute atomic E-state index is 11.5. The van der Waals surface area contributed by atoms with Gasteiger partial charge in [0.1, 0.15) is 0 Å². The van der Waals surface area contributed by atoms with Crippen molar-refractivity contribution in [3.05, 3.63) is 33.3 Å². The fraction of sp³-hybridized carbons (Fsp3) is 0.364. The smallest absolute Gasteiger partial charge is 0.224 e. The molecule has 2 nitrogen and oxygen atoms in total. The van der Waals surface area contributed by atoms with Gasteiger partial charge in [0.2, 0.25) is 5.91 Å². The number of nitrogens with one attached hydrogen (secondary N) is 1. The van der Waals surface area contributed by atoms with Crippen molar-refractivity contribution in [1.29, 1.82) is 0 Å². The molecule has 2 rings (SSSR count). The number of carbonyl (C=O) groups excluding carboxylic acids is 1. The van der Waals surface area contributed by atoms with Crippen molar-refractivity contribution in [1.82, 2.24) is 5.32 Å². The molecule has 0 saturated heterocycles. The fourth-order valence-corrected chi connectivity index (χ4v) is 1.79. The third-order valence-corrected chi connectivity index (χ3v) is 3.52. The summed E-state index contributed by atoms with van der Waals surface area (Å²) in [7, 11) is 0. The highest BCUT2D eigenvalue weighted by Gasteiger charge is 2.23. The van der Waals surface area contributed by atoms with Crippen molar-refractivity contribution in [3.63, 3.8) is 0 Å². The number of hydrogen-bond donors (Lipinski definition) is 1. The van der Waals surface area contributed by atoms with Crippen LogP contribution in [0, 0.1) is 0 Å². The summed E-state index contributed by atoms with van der Waals surface area (Å²) in [6.07, 6.45) is 2.64. The van der Waals surface area contributed by atoms with Crippen molar-refractivity contribution < 1.29 is 4.79 Å². The van der Waals surface area contributed by atoms with Crippen LogP contribution in [0.2, 0.25) is 5.02 Å². The molecule has 1 aliphatic carbocycles. The zero-order valence-electron chi connectivity index (χ0n) is 8.09. The third kappa shape index (κ3) is 3.21. The van der Waals surface area contributed by atoms with Gasteiger partial charge in [0, 0.05) is 10.5 Å². The molecule has 0 radical (unpaired) electrons. The summed E-state index contributed by atoms with van der Waals surface area (Å²) in [4.78, 5) is 11.5. The maximum Gasteiger partial charge on any atom is 0.224 e. The van der Waals surface area contributed by atoms with E-state index in [2.05, 4.69) is 21.2 Å². The maximum atomic E-state index is 11.5. The zero-order valence-corrected chi connectivity index (χ0v) is 10.4. The molecule has 15 heavy (non-hydrogen) atoms. The van der Waals surface area contributed by atoms with Crippen LogP contribution < -0.4 is 5.32 Å². The molecule has 0 spiro atoms. The van der Waals surface area contributed by atoms with E-state index in [0.29, 0.717) is 17.5 Å². The fourth-order valence-electron chi connectivity index (χ4n) is 1.34. The van der Waals surface area contributed by atoms with Crippen molar-refractivity contribution >= 4 is 33.4 Å². The second-order valence-corrected chi connectivity index (χ2v) is 5.03. The van der Waals surface area contributed by atoms with E-state index in [1.807, 2.05) is 18.2 Å². The van der Waals surface area contributed by atoms with E-state index < -0.39 is 0 Å². The Balaban J connectivity index is 1.97. The Bertz CT molecular complexity index is 390. The Morgan fingerprint density at radius 2 is 2.27 bits per heavy atom. The van der Waals surface area contributed by atoms with Gasteiger partial charge in [-0.2, -0.15) is 0 Å². The normalized spacial score (nSPS) is 15.1. The molecule has 0 unspecified atom stereocenters. The molecule has 80 valence electrons. The Morgan fingerprint density at radius 1 is 1.53 bits per heavy atom. The zero-order chi connectivity index (χ0) is 10.8. The molecule has 1 fully saturated rings. The Kier molecular flexibility index (Phi) is 3.32. The molecule has 0 bridgehead atoms. The lowest BCUT2D eigenvalue weighted by Gasteiger charge is -2.04. The van der Waals surface area contributed by atoms with Crippen LogP contribution in [0.1, 0.15) is 18.4 Å². The predicted molar refractivity (Wildman–Crippen MR) is 64.0 cm³/mol. The monoisotopic (exact) mass is 287 g/mol. The summed E-state index contributed by atoms with van der Waals surface area (Å²) in [6, 6.07) is 6.01. The Morgan fingerprint density at radius 3 is 2.87 bits per heavy atom. The largest absolute Gasteiger partial charge is 0.353 e. The van der Waals surface area contributed by atoms with Crippen molar-refractivity contribution in [2.45, 2.75) is 25.3 Å². The molecule has 0 aliphatic heterocycles. The molecule has 0 atom stereocenters. The molecular weight excluding hydrogens is 277 g/mol. The van der Waals surface area contributed by atoms with Crippen molar-refractivity contribution in [2.24, 2.45) is 0 Å². The first-order chi connectivity index (χ1) is 7.15. The summed E-state index contributed by atoms with van der Waals surface area (Å²) < 4.78 is 0.857. The lowest BCUT2D eigenvalue weighted by atomic mass is 10.1. The van der Waals surface area contributed by atoms with Crippen LogP contribution in [-0.2, 0) is 11.2 Å². The number of carbonyl (C=O) groups is 1. The average Bonchev–Trinajstić information content (AvgIpc) is 2.95. The first kappa shape index (κ1) is 11.0. The number of rotatable bonds is 3. The highest BCUT2D eigenvalue weighted by molar-refractivity contribution is 9.10. The third-order valence-electron chi connectivity index (χ3n) is 2.29. The highest BCUT2D eigenvalue weighted by atomic mass is 79.9. The van der Waals surface area contributed by atoms with Gasteiger partial charge in [-0.15, -0.1) is 0 Å². The number of amides is 1. The first-order valence-corrected chi connectivity index (χ1v) is 6.05. The highest BCUT2D eigenvalue weighted by Crippen LogP contribution is 2.23. The molecule has 1 N–H and O–H groups in total. The topological polar surface area (TPSA) is 29.1 Å². The van der Waals surface area contributed by atoms with E-state index in [4.69, 9.17) is 11.6 Å². The van der Waals surface area contributed by atoms with Crippen LogP contribution in [0.25, 0.3) is 0 Å². The number of halogens is 2. The van der Waals surface area contributed by atoms with E-state index in [9.17, 15) is 4.79 Å². The quantitative estimate of drug-likeness (QED) is 0.910. The van der Waals surface area contributed by atoms with Gasteiger partial charge in [0.25, 0.3) is 0 Å². The number of hydrogen-bond acceptors (Lipinski definition) is 1.